The molecule has 1 rings (SSSR count). The lowest BCUT2D eigenvalue weighted by Gasteiger charge is -2.20. The number of ether oxygens (including phenoxy) is 1. The SMILES string of the molecule is CC#CC(C)(C)Oc1ccc(S(=O)(=O)O)cc1. The zero-order valence-corrected chi connectivity index (χ0v) is 10.7. The van der Waals surface area contributed by atoms with Gasteiger partial charge in [0.25, 0.3) is 10.1 Å². The summed E-state index contributed by atoms with van der Waals surface area (Å²) in [6.07, 6.45) is 0. The fourth-order valence-electron chi connectivity index (χ4n) is 1.30. The summed E-state index contributed by atoms with van der Waals surface area (Å²) in [5.74, 6) is 6.12. The minimum absolute atomic E-state index is 0.163. The second kappa shape index (κ2) is 4.78. The number of hydrogen-bond acceptors (Lipinski definition) is 3. The van der Waals surface area contributed by atoms with Gasteiger partial charge >= 0.3 is 0 Å². The van der Waals surface area contributed by atoms with E-state index in [1.165, 1.54) is 24.3 Å². The van der Waals surface area contributed by atoms with Gasteiger partial charge in [-0.15, -0.1) is 5.92 Å². The molecule has 0 saturated carbocycles. The first kappa shape index (κ1) is 13.6. The standard InChI is InChI=1S/C12H14O4S/c1-4-9-12(2,3)16-10-5-7-11(8-6-10)17(13,14)15/h5-8H,1-3H3,(H,13,14,15). The lowest BCUT2D eigenvalue weighted by molar-refractivity contribution is 0.172. The van der Waals surface area contributed by atoms with Crippen LogP contribution in [-0.2, 0) is 10.1 Å². The Bertz CT molecular complexity index is 544. The smallest absolute Gasteiger partial charge is 0.294 e. The van der Waals surface area contributed by atoms with Gasteiger partial charge in [-0.1, -0.05) is 5.92 Å². The minimum Gasteiger partial charge on any atom is -0.475 e. The third kappa shape index (κ3) is 4.10. The molecule has 0 aliphatic rings. The first-order chi connectivity index (χ1) is 7.74. The topological polar surface area (TPSA) is 63.6 Å². The van der Waals surface area contributed by atoms with Crippen LogP contribution < -0.4 is 4.74 Å². The molecule has 0 aliphatic carbocycles. The van der Waals surface area contributed by atoms with Gasteiger partial charge < -0.3 is 4.74 Å². The summed E-state index contributed by atoms with van der Waals surface area (Å²) in [5, 5.41) is 0. The van der Waals surface area contributed by atoms with Gasteiger partial charge in [0.05, 0.1) is 4.90 Å². The van der Waals surface area contributed by atoms with Gasteiger partial charge in [0.2, 0.25) is 0 Å². The maximum Gasteiger partial charge on any atom is 0.294 e. The molecular weight excluding hydrogens is 240 g/mol. The molecule has 0 atom stereocenters. The Hall–Kier alpha value is -1.51. The van der Waals surface area contributed by atoms with Gasteiger partial charge in [0, 0.05) is 0 Å². The Morgan fingerprint density at radius 1 is 1.24 bits per heavy atom. The van der Waals surface area contributed by atoms with Crippen molar-refractivity contribution in [1.82, 2.24) is 0 Å². The van der Waals surface area contributed by atoms with E-state index >= 15 is 0 Å². The fourth-order valence-corrected chi connectivity index (χ4v) is 1.78. The van der Waals surface area contributed by atoms with E-state index in [2.05, 4.69) is 11.8 Å². The molecule has 1 aromatic carbocycles. The summed E-state index contributed by atoms with van der Waals surface area (Å²) in [4.78, 5) is -0.163. The van der Waals surface area contributed by atoms with Crippen LogP contribution in [0.25, 0.3) is 0 Å². The zero-order chi connectivity index (χ0) is 13.1. The molecule has 0 aliphatic heterocycles. The van der Waals surface area contributed by atoms with Crippen LogP contribution in [0, 0.1) is 11.8 Å². The Labute approximate surface area is 101 Å². The quantitative estimate of drug-likeness (QED) is 0.663. The first-order valence-corrected chi connectivity index (χ1v) is 6.39. The van der Waals surface area contributed by atoms with Crippen LogP contribution in [0.15, 0.2) is 29.2 Å². The van der Waals surface area contributed by atoms with E-state index in [-0.39, 0.29) is 4.90 Å². The van der Waals surface area contributed by atoms with E-state index in [0.29, 0.717) is 5.75 Å². The van der Waals surface area contributed by atoms with Crippen molar-refractivity contribution in [3.63, 3.8) is 0 Å². The molecule has 0 aromatic heterocycles. The monoisotopic (exact) mass is 254 g/mol. The second-order valence-corrected chi connectivity index (χ2v) is 5.36. The molecule has 0 heterocycles. The summed E-state index contributed by atoms with van der Waals surface area (Å²) in [7, 11) is -4.16. The van der Waals surface area contributed by atoms with E-state index < -0.39 is 15.7 Å². The molecule has 0 spiro atoms. The molecule has 0 fully saturated rings. The van der Waals surface area contributed by atoms with Crippen LogP contribution in [0.2, 0.25) is 0 Å². The molecule has 0 bridgehead atoms. The molecule has 0 unspecified atom stereocenters. The predicted molar refractivity (Wildman–Crippen MR) is 64.4 cm³/mol. The minimum atomic E-state index is -4.16. The molecule has 0 radical (unpaired) electrons. The van der Waals surface area contributed by atoms with E-state index in [1.54, 1.807) is 20.8 Å². The van der Waals surface area contributed by atoms with Gasteiger partial charge in [-0.2, -0.15) is 8.42 Å². The molecule has 0 amide bonds. The molecular formula is C12H14O4S. The number of rotatable bonds is 3. The van der Waals surface area contributed by atoms with E-state index in [0.717, 1.165) is 0 Å². The molecule has 92 valence electrons. The highest BCUT2D eigenvalue weighted by molar-refractivity contribution is 7.85. The molecule has 1 aromatic rings. The molecule has 5 heteroatoms. The van der Waals surface area contributed by atoms with Crippen LogP contribution in [-0.4, -0.2) is 18.6 Å². The molecule has 1 N–H and O–H groups in total. The van der Waals surface area contributed by atoms with Gasteiger partial charge in [0.1, 0.15) is 5.75 Å². The van der Waals surface area contributed by atoms with Crippen LogP contribution in [0.5, 0.6) is 5.75 Å². The van der Waals surface area contributed by atoms with Crippen LogP contribution >= 0.6 is 0 Å². The van der Waals surface area contributed by atoms with Crippen molar-refractivity contribution in [1.29, 1.82) is 0 Å². The molecule has 4 nitrogen and oxygen atoms in total. The summed E-state index contributed by atoms with van der Waals surface area (Å²) in [5.41, 5.74) is -0.644. The van der Waals surface area contributed by atoms with Crippen molar-refractivity contribution in [3.8, 4) is 17.6 Å². The Morgan fingerprint density at radius 3 is 2.18 bits per heavy atom. The van der Waals surface area contributed by atoms with Crippen molar-refractivity contribution in [2.45, 2.75) is 31.3 Å². The van der Waals surface area contributed by atoms with Gasteiger partial charge in [-0.05, 0) is 45.0 Å². The third-order valence-corrected chi connectivity index (χ3v) is 2.79. The summed E-state index contributed by atoms with van der Waals surface area (Å²) in [6, 6.07) is 5.50. The van der Waals surface area contributed by atoms with Gasteiger partial charge in [0.15, 0.2) is 5.60 Å². The summed E-state index contributed by atoms with van der Waals surface area (Å²) >= 11 is 0. The van der Waals surface area contributed by atoms with Crippen LogP contribution in [0.3, 0.4) is 0 Å². The van der Waals surface area contributed by atoms with Gasteiger partial charge in [-0.25, -0.2) is 0 Å². The highest BCUT2D eigenvalue weighted by atomic mass is 32.2. The van der Waals surface area contributed by atoms with E-state index in [1.807, 2.05) is 0 Å². The van der Waals surface area contributed by atoms with Gasteiger partial charge in [-0.3, -0.25) is 4.55 Å². The maximum absolute atomic E-state index is 10.8. The van der Waals surface area contributed by atoms with Crippen molar-refractivity contribution in [3.05, 3.63) is 24.3 Å². The Morgan fingerprint density at radius 2 is 1.76 bits per heavy atom. The lowest BCUT2D eigenvalue weighted by Crippen LogP contribution is -2.25. The average Bonchev–Trinajstić information content (AvgIpc) is 2.16. The Kier molecular flexibility index (Phi) is 3.81. The van der Waals surface area contributed by atoms with Crippen LogP contribution in [0.4, 0.5) is 0 Å². The highest BCUT2D eigenvalue weighted by Gasteiger charge is 2.16. The first-order valence-electron chi connectivity index (χ1n) is 4.95. The molecule has 0 saturated heterocycles. The summed E-state index contributed by atoms with van der Waals surface area (Å²) in [6.45, 7) is 5.33. The fraction of sp³-hybridized carbons (Fsp3) is 0.333. The van der Waals surface area contributed by atoms with Crippen molar-refractivity contribution < 1.29 is 17.7 Å². The number of benzene rings is 1. The van der Waals surface area contributed by atoms with E-state index in [9.17, 15) is 8.42 Å². The molecule has 17 heavy (non-hydrogen) atoms. The summed E-state index contributed by atoms with van der Waals surface area (Å²) < 4.78 is 36.0. The normalized spacial score (nSPS) is 11.5. The van der Waals surface area contributed by atoms with E-state index in [4.69, 9.17) is 9.29 Å². The maximum atomic E-state index is 10.8. The lowest BCUT2D eigenvalue weighted by atomic mass is 10.1. The highest BCUT2D eigenvalue weighted by Crippen LogP contribution is 2.20. The zero-order valence-electron chi connectivity index (χ0n) is 9.89. The predicted octanol–water partition coefficient (Wildman–Crippen LogP) is 2.11. The van der Waals surface area contributed by atoms with Crippen LogP contribution in [0.1, 0.15) is 20.8 Å². The third-order valence-electron chi connectivity index (χ3n) is 1.92. The average molecular weight is 254 g/mol. The largest absolute Gasteiger partial charge is 0.475 e. The number of hydrogen-bond donors (Lipinski definition) is 1. The van der Waals surface area contributed by atoms with Crippen molar-refractivity contribution >= 4 is 10.1 Å². The second-order valence-electron chi connectivity index (χ2n) is 3.93. The van der Waals surface area contributed by atoms with Crippen molar-refractivity contribution in [2.24, 2.45) is 0 Å². The van der Waals surface area contributed by atoms with Crippen molar-refractivity contribution in [2.75, 3.05) is 0 Å². The Balaban J connectivity index is 2.92.